The van der Waals surface area contributed by atoms with E-state index >= 15 is 0 Å². The standard InChI is InChI=1S/C41H72/c1-13-33(4)25-30(24-32(2,3)34(5)16-14-17-35(33,6)21-20-34)31-26-36(7)22-23-38(9)28-39(10,27-31)40(11)19-15-18-37(36,8)29-41(38,40)12/h30-31H,13-29H2,1-12H3. The van der Waals surface area contributed by atoms with Gasteiger partial charge in [0.05, 0.1) is 0 Å². The Balaban J connectivity index is 1.52. The van der Waals surface area contributed by atoms with Crippen LogP contribution in [0.5, 0.6) is 0 Å². The normalized spacial score (nSPS) is 60.3. The second-order valence-electron chi connectivity index (χ2n) is 21.2. The molecule has 0 aromatic carbocycles. The highest BCUT2D eigenvalue weighted by Crippen LogP contribution is 2.83. The summed E-state index contributed by atoms with van der Waals surface area (Å²) < 4.78 is 0. The molecule has 0 N–H and O–H groups in total. The Hall–Kier alpha value is 0. The lowest BCUT2D eigenvalue weighted by molar-refractivity contribution is -0.0594. The van der Waals surface area contributed by atoms with Crippen LogP contribution >= 0.6 is 0 Å². The predicted molar refractivity (Wildman–Crippen MR) is 178 cm³/mol. The van der Waals surface area contributed by atoms with Gasteiger partial charge in [-0.1, -0.05) is 102 Å². The van der Waals surface area contributed by atoms with Crippen molar-refractivity contribution < 1.29 is 0 Å². The van der Waals surface area contributed by atoms with Gasteiger partial charge < -0.3 is 0 Å². The van der Waals surface area contributed by atoms with Gasteiger partial charge in [0.25, 0.3) is 0 Å². The fraction of sp³-hybridized carbons (Fsp3) is 1.00. The second-order valence-corrected chi connectivity index (χ2v) is 21.2. The van der Waals surface area contributed by atoms with Crippen LogP contribution in [0.4, 0.5) is 0 Å². The molecule has 0 aromatic rings. The summed E-state index contributed by atoms with van der Waals surface area (Å²) in [5, 5.41) is 0. The lowest BCUT2D eigenvalue weighted by Gasteiger charge is -2.55. The van der Waals surface area contributed by atoms with Crippen molar-refractivity contribution in [3.8, 4) is 0 Å². The fourth-order valence-corrected chi connectivity index (χ4v) is 14.9. The highest BCUT2D eigenvalue weighted by molar-refractivity contribution is 5.23. The van der Waals surface area contributed by atoms with Crippen molar-refractivity contribution in [2.24, 2.45) is 66.0 Å². The summed E-state index contributed by atoms with van der Waals surface area (Å²) in [4.78, 5) is 0. The van der Waals surface area contributed by atoms with Gasteiger partial charge in [0.15, 0.2) is 0 Å². The van der Waals surface area contributed by atoms with E-state index in [0.717, 1.165) is 11.8 Å². The van der Waals surface area contributed by atoms with Crippen LogP contribution in [0.1, 0.15) is 192 Å². The summed E-state index contributed by atoms with van der Waals surface area (Å²) in [5.41, 5.74) is 4.74. The molecule has 0 heterocycles. The Labute approximate surface area is 257 Å². The molecule has 0 heteroatoms. The Kier molecular flexibility index (Phi) is 6.68. The van der Waals surface area contributed by atoms with Gasteiger partial charge in [-0.3, -0.25) is 0 Å². The molecular weight excluding hydrogens is 492 g/mol. The molecule has 41 heavy (non-hydrogen) atoms. The smallest absolute Gasteiger partial charge is 0.0207 e. The summed E-state index contributed by atoms with van der Waals surface area (Å²) >= 11 is 0. The molecule has 0 aliphatic heterocycles. The highest BCUT2D eigenvalue weighted by atomic mass is 14.8. The number of hydrogen-bond donors (Lipinski definition) is 0. The maximum absolute atomic E-state index is 2.84. The van der Waals surface area contributed by atoms with Gasteiger partial charge in [0.2, 0.25) is 0 Å². The van der Waals surface area contributed by atoms with Crippen molar-refractivity contribution in [2.45, 2.75) is 192 Å². The van der Waals surface area contributed by atoms with E-state index in [1.165, 1.54) is 109 Å². The topological polar surface area (TPSA) is 0 Å². The van der Waals surface area contributed by atoms with Crippen LogP contribution in [-0.2, 0) is 0 Å². The minimum Gasteiger partial charge on any atom is -0.0648 e. The van der Waals surface area contributed by atoms with Gasteiger partial charge in [-0.05, 0) is 156 Å². The first-order valence-corrected chi connectivity index (χ1v) is 18.7. The Bertz CT molecular complexity index is 1050. The third-order valence-electron chi connectivity index (χ3n) is 19.6. The lowest BCUT2D eigenvalue weighted by Crippen LogP contribution is -2.47. The first-order valence-electron chi connectivity index (χ1n) is 18.7. The van der Waals surface area contributed by atoms with Crippen LogP contribution in [-0.4, -0.2) is 0 Å². The summed E-state index contributed by atoms with van der Waals surface area (Å²) in [7, 11) is 0. The van der Waals surface area contributed by atoms with Gasteiger partial charge in [0, 0.05) is 0 Å². The van der Waals surface area contributed by atoms with Gasteiger partial charge in [0.1, 0.15) is 0 Å². The second kappa shape index (κ2) is 8.83. The van der Waals surface area contributed by atoms with E-state index in [4.69, 9.17) is 0 Å². The lowest BCUT2D eigenvalue weighted by atomic mass is 9.50. The van der Waals surface area contributed by atoms with Crippen molar-refractivity contribution in [2.75, 3.05) is 0 Å². The van der Waals surface area contributed by atoms with Crippen LogP contribution in [0.2, 0.25) is 0 Å². The van der Waals surface area contributed by atoms with Crippen molar-refractivity contribution in [3.05, 3.63) is 0 Å². The summed E-state index contributed by atoms with van der Waals surface area (Å²) in [6.07, 6.45) is 25.0. The van der Waals surface area contributed by atoms with Crippen LogP contribution in [0.3, 0.4) is 0 Å². The average Bonchev–Trinajstić information content (AvgIpc) is 3.03. The van der Waals surface area contributed by atoms with Gasteiger partial charge in [-0.25, -0.2) is 0 Å². The molecule has 7 saturated carbocycles. The van der Waals surface area contributed by atoms with Crippen molar-refractivity contribution in [3.63, 3.8) is 0 Å². The van der Waals surface area contributed by atoms with E-state index in [1.54, 1.807) is 0 Å². The molecule has 0 nitrogen and oxygen atoms in total. The van der Waals surface area contributed by atoms with Gasteiger partial charge in [-0.15, -0.1) is 0 Å². The zero-order valence-electron chi connectivity index (χ0n) is 30.2. The van der Waals surface area contributed by atoms with Crippen molar-refractivity contribution in [1.82, 2.24) is 0 Å². The zero-order chi connectivity index (χ0) is 30.2. The van der Waals surface area contributed by atoms with Crippen molar-refractivity contribution >= 4 is 0 Å². The molecular formula is C41H72. The van der Waals surface area contributed by atoms with Crippen LogP contribution in [0.25, 0.3) is 0 Å². The summed E-state index contributed by atoms with van der Waals surface area (Å²) in [6, 6.07) is 0. The zero-order valence-corrected chi connectivity index (χ0v) is 30.2. The Morgan fingerprint density at radius 2 is 0.927 bits per heavy atom. The van der Waals surface area contributed by atoms with Crippen molar-refractivity contribution in [1.29, 1.82) is 0 Å². The van der Waals surface area contributed by atoms with E-state index in [0.29, 0.717) is 54.1 Å². The minimum atomic E-state index is 0.417. The fourth-order valence-electron chi connectivity index (χ4n) is 14.9. The quantitative estimate of drug-likeness (QED) is 0.313. The summed E-state index contributed by atoms with van der Waals surface area (Å²) in [5.74, 6) is 1.74. The third kappa shape index (κ3) is 3.82. The molecule has 11 unspecified atom stereocenters. The summed E-state index contributed by atoms with van der Waals surface area (Å²) in [6.45, 7) is 33.2. The molecule has 8 bridgehead atoms. The van der Waals surface area contributed by atoms with Crippen LogP contribution < -0.4 is 0 Å². The highest BCUT2D eigenvalue weighted by Gasteiger charge is 2.74. The number of fused-ring (bicyclic) bond motifs is 6. The molecule has 0 spiro atoms. The Morgan fingerprint density at radius 1 is 0.415 bits per heavy atom. The molecule has 7 aliphatic carbocycles. The molecule has 0 amide bonds. The predicted octanol–water partition coefficient (Wildman–Crippen LogP) is 13.0. The maximum atomic E-state index is 2.84. The van der Waals surface area contributed by atoms with Crippen LogP contribution in [0.15, 0.2) is 0 Å². The van der Waals surface area contributed by atoms with E-state index in [-0.39, 0.29) is 0 Å². The SMILES string of the molecule is CCC1(C)CC(C2CC3(C)CCC4(C)CC(C)(C2)C2(C)CCCC3(C)CC42C)CC(C)(C)C2(C)CCCC1(C)CC2. The third-order valence-corrected chi connectivity index (χ3v) is 19.6. The molecule has 0 saturated heterocycles. The van der Waals surface area contributed by atoms with E-state index in [2.05, 4.69) is 83.1 Å². The van der Waals surface area contributed by atoms with E-state index in [1.807, 2.05) is 0 Å². The molecule has 0 aromatic heterocycles. The van der Waals surface area contributed by atoms with Gasteiger partial charge >= 0.3 is 0 Å². The molecule has 7 aliphatic rings. The number of rotatable bonds is 2. The maximum Gasteiger partial charge on any atom is -0.0207 e. The molecule has 7 rings (SSSR count). The molecule has 0 radical (unpaired) electrons. The molecule has 7 fully saturated rings. The molecule has 11 atom stereocenters. The van der Waals surface area contributed by atoms with E-state index < -0.39 is 0 Å². The van der Waals surface area contributed by atoms with E-state index in [9.17, 15) is 0 Å². The minimum absolute atomic E-state index is 0.417. The molecule has 236 valence electrons. The largest absolute Gasteiger partial charge is 0.0648 e. The average molecular weight is 565 g/mol. The van der Waals surface area contributed by atoms with Gasteiger partial charge in [-0.2, -0.15) is 0 Å². The first kappa shape index (κ1) is 31.0. The number of hydrogen-bond acceptors (Lipinski definition) is 0. The Morgan fingerprint density at radius 3 is 1.61 bits per heavy atom. The first-order chi connectivity index (χ1) is 18.7. The monoisotopic (exact) mass is 565 g/mol. The van der Waals surface area contributed by atoms with Crippen LogP contribution in [0, 0.1) is 66.0 Å².